The number of rotatable bonds is 3. The minimum absolute atomic E-state index is 0.352. The van der Waals surface area contributed by atoms with Gasteiger partial charge in [-0.2, -0.15) is 18.2 Å². The van der Waals surface area contributed by atoms with Crippen LogP contribution in [0.15, 0.2) is 30.3 Å². The standard InChI is InChI=1S/C16H17F3N4/c1-11-9-14(22-15(20-11)23-7-2-3-8-23)21-13-6-4-5-12(10-13)16(17,18)19/h4-6,9-10H,2-3,7-8H2,1H3,(H,20,21,22). The van der Waals surface area contributed by atoms with Crippen molar-refractivity contribution < 1.29 is 13.2 Å². The number of alkyl halides is 3. The van der Waals surface area contributed by atoms with E-state index in [1.54, 1.807) is 12.1 Å². The maximum absolute atomic E-state index is 12.8. The molecule has 0 saturated carbocycles. The van der Waals surface area contributed by atoms with Gasteiger partial charge in [-0.3, -0.25) is 0 Å². The second-order valence-electron chi connectivity index (χ2n) is 5.59. The normalized spacial score (nSPS) is 15.0. The Hall–Kier alpha value is -2.31. The van der Waals surface area contributed by atoms with Crippen molar-refractivity contribution in [1.29, 1.82) is 0 Å². The van der Waals surface area contributed by atoms with Gasteiger partial charge in [0, 0.05) is 30.5 Å². The molecule has 0 atom stereocenters. The first-order valence-corrected chi connectivity index (χ1v) is 7.47. The van der Waals surface area contributed by atoms with Crippen LogP contribution in [0.1, 0.15) is 24.1 Å². The Balaban J connectivity index is 1.85. The molecule has 1 aliphatic rings. The molecule has 2 aromatic rings. The Labute approximate surface area is 132 Å². The third kappa shape index (κ3) is 3.72. The quantitative estimate of drug-likeness (QED) is 0.922. The van der Waals surface area contributed by atoms with Crippen molar-refractivity contribution in [2.45, 2.75) is 25.9 Å². The number of halogens is 3. The van der Waals surface area contributed by atoms with Gasteiger partial charge < -0.3 is 10.2 Å². The molecule has 0 aliphatic carbocycles. The summed E-state index contributed by atoms with van der Waals surface area (Å²) in [5, 5.41) is 2.94. The van der Waals surface area contributed by atoms with Crippen molar-refractivity contribution in [3.05, 3.63) is 41.6 Å². The number of nitrogens with one attached hydrogen (secondary N) is 1. The topological polar surface area (TPSA) is 41.1 Å². The van der Waals surface area contributed by atoms with E-state index in [2.05, 4.69) is 20.2 Å². The summed E-state index contributed by atoms with van der Waals surface area (Å²) >= 11 is 0. The summed E-state index contributed by atoms with van der Waals surface area (Å²) in [5.74, 6) is 1.12. The van der Waals surface area contributed by atoms with Crippen LogP contribution in [0.25, 0.3) is 0 Å². The molecule has 7 heteroatoms. The van der Waals surface area contributed by atoms with Crippen LogP contribution in [0.4, 0.5) is 30.6 Å². The van der Waals surface area contributed by atoms with Crippen LogP contribution in [0, 0.1) is 6.92 Å². The lowest BCUT2D eigenvalue weighted by Crippen LogP contribution is -2.21. The van der Waals surface area contributed by atoms with E-state index in [0.717, 1.165) is 43.8 Å². The molecule has 0 radical (unpaired) electrons. The average Bonchev–Trinajstić information content (AvgIpc) is 3.00. The third-order valence-electron chi connectivity index (χ3n) is 3.69. The van der Waals surface area contributed by atoms with Crippen LogP contribution < -0.4 is 10.2 Å². The van der Waals surface area contributed by atoms with E-state index >= 15 is 0 Å². The second kappa shape index (κ2) is 6.06. The zero-order valence-corrected chi connectivity index (χ0v) is 12.7. The Morgan fingerprint density at radius 1 is 1.09 bits per heavy atom. The van der Waals surface area contributed by atoms with E-state index in [0.29, 0.717) is 17.5 Å². The number of benzene rings is 1. The van der Waals surface area contributed by atoms with Gasteiger partial charge in [0.05, 0.1) is 5.56 Å². The van der Waals surface area contributed by atoms with Crippen molar-refractivity contribution in [1.82, 2.24) is 9.97 Å². The first-order valence-electron chi connectivity index (χ1n) is 7.47. The van der Waals surface area contributed by atoms with E-state index in [1.807, 2.05) is 6.92 Å². The first kappa shape index (κ1) is 15.6. The Kier molecular flexibility index (Phi) is 4.11. The van der Waals surface area contributed by atoms with E-state index in [1.165, 1.54) is 6.07 Å². The largest absolute Gasteiger partial charge is 0.416 e. The molecular weight excluding hydrogens is 305 g/mol. The van der Waals surface area contributed by atoms with Crippen LogP contribution in [-0.2, 0) is 6.18 Å². The lowest BCUT2D eigenvalue weighted by Gasteiger charge is -2.17. The zero-order valence-electron chi connectivity index (χ0n) is 12.7. The number of hydrogen-bond donors (Lipinski definition) is 1. The van der Waals surface area contributed by atoms with Gasteiger partial charge >= 0.3 is 6.18 Å². The summed E-state index contributed by atoms with van der Waals surface area (Å²) in [6.07, 6.45) is -2.15. The Morgan fingerprint density at radius 3 is 2.52 bits per heavy atom. The van der Waals surface area contributed by atoms with Gasteiger partial charge in [0.15, 0.2) is 0 Å². The summed E-state index contributed by atoms with van der Waals surface area (Å²) in [6.45, 7) is 3.66. The summed E-state index contributed by atoms with van der Waals surface area (Å²) < 4.78 is 38.3. The summed E-state index contributed by atoms with van der Waals surface area (Å²) in [4.78, 5) is 10.9. The number of aromatic nitrogens is 2. The van der Waals surface area contributed by atoms with E-state index in [9.17, 15) is 13.2 Å². The molecule has 0 amide bonds. The maximum Gasteiger partial charge on any atom is 0.416 e. The van der Waals surface area contributed by atoms with Gasteiger partial charge in [-0.25, -0.2) is 4.98 Å². The van der Waals surface area contributed by atoms with Gasteiger partial charge in [0.2, 0.25) is 5.95 Å². The highest BCUT2D eigenvalue weighted by Gasteiger charge is 2.30. The van der Waals surface area contributed by atoms with Crippen LogP contribution in [0.5, 0.6) is 0 Å². The monoisotopic (exact) mass is 322 g/mol. The molecule has 1 aromatic heterocycles. The molecule has 122 valence electrons. The van der Waals surface area contributed by atoms with Gasteiger partial charge in [0.25, 0.3) is 0 Å². The molecule has 4 nitrogen and oxygen atoms in total. The number of anilines is 3. The second-order valence-corrected chi connectivity index (χ2v) is 5.59. The molecule has 1 aromatic carbocycles. The predicted octanol–water partition coefficient (Wildman–Crippen LogP) is 4.15. The van der Waals surface area contributed by atoms with Crippen LogP contribution in [0.3, 0.4) is 0 Å². The summed E-state index contributed by atoms with van der Waals surface area (Å²) in [5.41, 5.74) is 0.440. The fraction of sp³-hybridized carbons (Fsp3) is 0.375. The minimum Gasteiger partial charge on any atom is -0.341 e. The number of nitrogens with zero attached hydrogens (tertiary/aromatic N) is 3. The molecule has 23 heavy (non-hydrogen) atoms. The molecule has 1 aliphatic heterocycles. The summed E-state index contributed by atoms with van der Waals surface area (Å²) in [6, 6.07) is 6.81. The van der Waals surface area contributed by atoms with Crippen LogP contribution >= 0.6 is 0 Å². The third-order valence-corrected chi connectivity index (χ3v) is 3.69. The predicted molar refractivity (Wildman–Crippen MR) is 82.9 cm³/mol. The molecule has 1 N–H and O–H groups in total. The van der Waals surface area contributed by atoms with Crippen molar-refractivity contribution in [3.8, 4) is 0 Å². The number of hydrogen-bond acceptors (Lipinski definition) is 4. The van der Waals surface area contributed by atoms with Crippen molar-refractivity contribution in [2.24, 2.45) is 0 Å². The Bertz CT molecular complexity index is 694. The molecular formula is C16H17F3N4. The highest BCUT2D eigenvalue weighted by atomic mass is 19.4. The van der Waals surface area contributed by atoms with Gasteiger partial charge in [-0.1, -0.05) is 6.07 Å². The SMILES string of the molecule is Cc1cc(Nc2cccc(C(F)(F)F)c2)nc(N2CCCC2)n1. The average molecular weight is 322 g/mol. The fourth-order valence-corrected chi connectivity index (χ4v) is 2.60. The lowest BCUT2D eigenvalue weighted by molar-refractivity contribution is -0.137. The molecule has 3 rings (SSSR count). The smallest absolute Gasteiger partial charge is 0.341 e. The zero-order chi connectivity index (χ0) is 16.4. The van der Waals surface area contributed by atoms with Crippen molar-refractivity contribution in [3.63, 3.8) is 0 Å². The van der Waals surface area contributed by atoms with Crippen molar-refractivity contribution >= 4 is 17.5 Å². The van der Waals surface area contributed by atoms with Gasteiger partial charge in [-0.05, 0) is 38.0 Å². The van der Waals surface area contributed by atoms with E-state index in [-0.39, 0.29) is 0 Å². The molecule has 1 fully saturated rings. The first-order chi connectivity index (χ1) is 10.9. The minimum atomic E-state index is -4.36. The van der Waals surface area contributed by atoms with Gasteiger partial charge in [0.1, 0.15) is 5.82 Å². The highest BCUT2D eigenvalue weighted by Crippen LogP contribution is 2.31. The molecule has 0 spiro atoms. The number of aryl methyl sites for hydroxylation is 1. The fourth-order valence-electron chi connectivity index (χ4n) is 2.60. The lowest BCUT2D eigenvalue weighted by atomic mass is 10.2. The van der Waals surface area contributed by atoms with Crippen molar-refractivity contribution in [2.75, 3.05) is 23.3 Å². The highest BCUT2D eigenvalue weighted by molar-refractivity contribution is 5.59. The molecule has 0 unspecified atom stereocenters. The molecule has 2 heterocycles. The van der Waals surface area contributed by atoms with E-state index in [4.69, 9.17) is 0 Å². The van der Waals surface area contributed by atoms with Crippen LogP contribution in [-0.4, -0.2) is 23.1 Å². The Morgan fingerprint density at radius 2 is 1.83 bits per heavy atom. The van der Waals surface area contributed by atoms with Crippen LogP contribution in [0.2, 0.25) is 0 Å². The summed E-state index contributed by atoms with van der Waals surface area (Å²) in [7, 11) is 0. The molecule has 1 saturated heterocycles. The molecule has 0 bridgehead atoms. The van der Waals surface area contributed by atoms with E-state index < -0.39 is 11.7 Å². The maximum atomic E-state index is 12.8. The van der Waals surface area contributed by atoms with Gasteiger partial charge in [-0.15, -0.1) is 0 Å².